The van der Waals surface area contributed by atoms with Crippen LogP contribution in [-0.2, 0) is 10.8 Å². The van der Waals surface area contributed by atoms with Crippen molar-refractivity contribution in [1.82, 2.24) is 34.8 Å². The lowest BCUT2D eigenvalue weighted by atomic mass is 10.1. The number of nitrogen functional groups attached to an aromatic ring is 1. The third-order valence-electron chi connectivity index (χ3n) is 6.36. The normalized spacial score (nSPS) is 14.9. The van der Waals surface area contributed by atoms with Crippen molar-refractivity contribution in [2.45, 2.75) is 0 Å². The maximum atomic E-state index is 14.6. The number of nitrogens with one attached hydrogen (secondary N) is 2. The largest absolute Gasteiger partial charge is 0.461 e. The minimum Gasteiger partial charge on any atom is -0.461 e. The van der Waals surface area contributed by atoms with E-state index in [0.29, 0.717) is 56.8 Å². The van der Waals surface area contributed by atoms with Gasteiger partial charge >= 0.3 is 0 Å². The average Bonchev–Trinajstić information content (AvgIpc) is 3.60. The summed E-state index contributed by atoms with van der Waals surface area (Å²) in [5.74, 6) is -0.530. The summed E-state index contributed by atoms with van der Waals surface area (Å²) in [4.78, 5) is 29.3. The average molecular weight is 575 g/mol. The number of rotatable bonds is 10. The van der Waals surface area contributed by atoms with E-state index in [4.69, 9.17) is 10.2 Å². The summed E-state index contributed by atoms with van der Waals surface area (Å²) in [6, 6.07) is 5.43. The highest BCUT2D eigenvalue weighted by atomic mass is 32.2. The van der Waals surface area contributed by atoms with Crippen LogP contribution in [0.4, 0.5) is 26.4 Å². The zero-order valence-corrected chi connectivity index (χ0v) is 22.5. The Morgan fingerprint density at radius 1 is 1.12 bits per heavy atom. The van der Waals surface area contributed by atoms with Crippen molar-refractivity contribution in [2.75, 3.05) is 73.8 Å². The lowest BCUT2D eigenvalue weighted by Crippen LogP contribution is -2.48. The molecule has 1 aliphatic heterocycles. The van der Waals surface area contributed by atoms with Crippen molar-refractivity contribution in [1.29, 1.82) is 0 Å². The second-order valence-corrected chi connectivity index (χ2v) is 10.7. The summed E-state index contributed by atoms with van der Waals surface area (Å²) in [6.07, 6.45) is 3.04. The fraction of sp³-hybridized carbons (Fsp3) is 0.375. The third-order valence-corrected chi connectivity index (χ3v) is 7.13. The number of furan rings is 1. The molecule has 5 rings (SSSR count). The summed E-state index contributed by atoms with van der Waals surface area (Å²) in [6.45, 7) is 3.54. The number of carbonyl (C=O) groups is 1. The zero-order valence-electron chi connectivity index (χ0n) is 21.6. The summed E-state index contributed by atoms with van der Waals surface area (Å²) in [5.41, 5.74) is 5.95. The summed E-state index contributed by atoms with van der Waals surface area (Å²) in [7, 11) is -1.09. The Hall–Kier alpha value is -4.18. The third kappa shape index (κ3) is 6.17. The Bertz CT molecular complexity index is 1520. The van der Waals surface area contributed by atoms with Gasteiger partial charge in [0, 0.05) is 74.7 Å². The fourth-order valence-corrected chi connectivity index (χ4v) is 4.68. The molecule has 4 heterocycles. The molecule has 1 fully saturated rings. The van der Waals surface area contributed by atoms with Crippen LogP contribution >= 0.6 is 0 Å². The first-order valence-electron chi connectivity index (χ1n) is 12.5. The number of halogens is 2. The molecule has 1 amide bonds. The monoisotopic (exact) mass is 574 g/mol. The highest BCUT2D eigenvalue weighted by molar-refractivity contribution is 7.84. The molecule has 1 saturated heterocycles. The minimum atomic E-state index is -1.09. The molecule has 0 aliphatic carbocycles. The lowest BCUT2D eigenvalue weighted by Gasteiger charge is -2.36. The number of aromatic nitrogens is 5. The van der Waals surface area contributed by atoms with E-state index < -0.39 is 28.3 Å². The number of nitrogens with two attached hydrogens (primary N) is 1. The molecule has 13 nitrogen and oxygen atoms in total. The van der Waals surface area contributed by atoms with Crippen molar-refractivity contribution < 1.29 is 22.2 Å². The second-order valence-electron chi connectivity index (χ2n) is 9.10. The Morgan fingerprint density at radius 3 is 2.65 bits per heavy atom. The number of piperazine rings is 1. The van der Waals surface area contributed by atoms with Gasteiger partial charge in [0.1, 0.15) is 11.6 Å². The first-order valence-corrected chi connectivity index (χ1v) is 14.2. The molecule has 16 heteroatoms. The van der Waals surface area contributed by atoms with Gasteiger partial charge in [-0.05, 0) is 18.2 Å². The minimum absolute atomic E-state index is 0.126. The van der Waals surface area contributed by atoms with Gasteiger partial charge in [-0.25, -0.2) is 8.78 Å². The zero-order chi connectivity index (χ0) is 28.2. The molecule has 1 aromatic carbocycles. The van der Waals surface area contributed by atoms with Crippen LogP contribution in [-0.4, -0.2) is 97.4 Å². The van der Waals surface area contributed by atoms with Crippen LogP contribution in [0.3, 0.4) is 0 Å². The first kappa shape index (κ1) is 27.4. The molecule has 0 radical (unpaired) electrons. The van der Waals surface area contributed by atoms with Crippen LogP contribution in [0.15, 0.2) is 34.9 Å². The molecule has 0 unspecified atom stereocenters. The summed E-state index contributed by atoms with van der Waals surface area (Å²) in [5, 5.41) is 9.94. The van der Waals surface area contributed by atoms with Crippen LogP contribution < -0.4 is 21.3 Å². The van der Waals surface area contributed by atoms with Gasteiger partial charge in [-0.15, -0.1) is 5.10 Å². The predicted octanol–water partition coefficient (Wildman–Crippen LogP) is 0.982. The number of nitrogens with zero attached hydrogens (tertiary/aromatic N) is 7. The number of fused-ring (bicyclic) bond motifs is 1. The van der Waals surface area contributed by atoms with Crippen molar-refractivity contribution in [3.63, 3.8) is 0 Å². The van der Waals surface area contributed by atoms with Gasteiger partial charge in [-0.2, -0.15) is 19.5 Å². The molecule has 40 heavy (non-hydrogen) atoms. The first-order chi connectivity index (χ1) is 19.3. The SMILES string of the molecule is C[S@@](=O)CCNC(=O)c1cc(N2CCN(CCNc3nc(N)n4nc(-c5ccco5)nc4n3)CC2)c(F)cc1F. The van der Waals surface area contributed by atoms with E-state index in [-0.39, 0.29) is 35.3 Å². The van der Waals surface area contributed by atoms with Crippen LogP contribution in [0.25, 0.3) is 17.4 Å². The fourth-order valence-electron chi connectivity index (χ4n) is 4.29. The Balaban J connectivity index is 1.15. The smallest absolute Gasteiger partial charge is 0.259 e. The van der Waals surface area contributed by atoms with Crippen molar-refractivity contribution in [3.8, 4) is 11.6 Å². The van der Waals surface area contributed by atoms with Crippen molar-refractivity contribution in [2.24, 2.45) is 0 Å². The molecule has 212 valence electrons. The Labute approximate surface area is 230 Å². The second kappa shape index (κ2) is 11.9. The van der Waals surface area contributed by atoms with E-state index in [0.717, 1.165) is 6.07 Å². The van der Waals surface area contributed by atoms with Gasteiger partial charge in [0.25, 0.3) is 11.7 Å². The number of hydrogen-bond acceptors (Lipinski definition) is 11. The standard InChI is InChI=1S/C24H28F2N10O3S/c1-40(38)12-5-28-21(37)15-13-18(17(26)14-16(15)25)35-9-7-34(8-10-35)6-4-29-23-31-22(27)36-24(32-23)30-20(33-36)19-3-2-11-39-19/h2-3,11,13-14H,4-10,12H2,1H3,(H,28,37)(H3,27,29,30,31,32,33)/t40-/m1/s1. The molecular formula is C24H28F2N10O3S. The number of hydrogen-bond donors (Lipinski definition) is 3. The van der Waals surface area contributed by atoms with Crippen molar-refractivity contribution in [3.05, 3.63) is 47.7 Å². The van der Waals surface area contributed by atoms with E-state index >= 15 is 0 Å². The molecule has 1 atom stereocenters. The molecule has 0 saturated carbocycles. The van der Waals surface area contributed by atoms with Gasteiger partial charge in [0.05, 0.1) is 17.5 Å². The number of amides is 1. The van der Waals surface area contributed by atoms with E-state index in [1.165, 1.54) is 23.1 Å². The molecule has 1 aliphatic rings. The maximum absolute atomic E-state index is 14.6. The van der Waals surface area contributed by atoms with Gasteiger partial charge < -0.3 is 25.7 Å². The Kier molecular flexibility index (Phi) is 8.16. The highest BCUT2D eigenvalue weighted by Gasteiger charge is 2.23. The molecule has 0 bridgehead atoms. The van der Waals surface area contributed by atoms with Gasteiger partial charge in [-0.1, -0.05) is 0 Å². The van der Waals surface area contributed by atoms with E-state index in [2.05, 4.69) is 35.6 Å². The van der Waals surface area contributed by atoms with Gasteiger partial charge in [-0.3, -0.25) is 13.9 Å². The molecule has 4 N–H and O–H groups in total. The Morgan fingerprint density at radius 2 is 1.93 bits per heavy atom. The molecular weight excluding hydrogens is 546 g/mol. The van der Waals surface area contributed by atoms with Gasteiger partial charge in [0.15, 0.2) is 5.76 Å². The topological polar surface area (TPSA) is 160 Å². The van der Waals surface area contributed by atoms with Crippen molar-refractivity contribution >= 4 is 40.1 Å². The quantitative estimate of drug-likeness (QED) is 0.248. The van der Waals surface area contributed by atoms with E-state index in [1.807, 2.05) is 0 Å². The number of anilines is 3. The maximum Gasteiger partial charge on any atom is 0.259 e. The molecule has 4 aromatic rings. The number of benzene rings is 1. The lowest BCUT2D eigenvalue weighted by molar-refractivity contribution is 0.0952. The van der Waals surface area contributed by atoms with Crippen LogP contribution in [0.5, 0.6) is 0 Å². The summed E-state index contributed by atoms with van der Waals surface area (Å²) >= 11 is 0. The molecule has 3 aromatic heterocycles. The van der Waals surface area contributed by atoms with Gasteiger partial charge in [0.2, 0.25) is 17.7 Å². The summed E-state index contributed by atoms with van der Waals surface area (Å²) < 4.78 is 46.8. The van der Waals surface area contributed by atoms with Crippen LogP contribution in [0.2, 0.25) is 0 Å². The number of carbonyl (C=O) groups excluding carboxylic acids is 1. The van der Waals surface area contributed by atoms with E-state index in [9.17, 15) is 17.8 Å². The predicted molar refractivity (Wildman–Crippen MR) is 145 cm³/mol. The highest BCUT2D eigenvalue weighted by Crippen LogP contribution is 2.25. The van der Waals surface area contributed by atoms with E-state index in [1.54, 1.807) is 17.0 Å². The molecule has 0 spiro atoms. The van der Waals surface area contributed by atoms with Crippen LogP contribution in [0.1, 0.15) is 10.4 Å². The van der Waals surface area contributed by atoms with Crippen LogP contribution in [0, 0.1) is 11.6 Å².